The van der Waals surface area contributed by atoms with E-state index in [0.29, 0.717) is 18.7 Å². The number of carbonyl (C=O) groups excluding carboxylic acids is 2. The second-order valence-corrected chi connectivity index (χ2v) is 10.3. The Morgan fingerprint density at radius 2 is 1.76 bits per heavy atom. The van der Waals surface area contributed by atoms with Crippen molar-refractivity contribution in [1.82, 2.24) is 19.8 Å². The van der Waals surface area contributed by atoms with E-state index in [1.807, 2.05) is 49.9 Å². The minimum Gasteiger partial charge on any atom is -0.444 e. The van der Waals surface area contributed by atoms with Crippen LogP contribution in [0.25, 0.3) is 22.4 Å². The number of nitrogens with one attached hydrogen (secondary N) is 1. The Morgan fingerprint density at radius 1 is 1.03 bits per heavy atom. The van der Waals surface area contributed by atoms with Crippen LogP contribution in [0.15, 0.2) is 42.5 Å². The molecule has 3 heterocycles. The molecule has 2 aliphatic heterocycles. The van der Waals surface area contributed by atoms with Gasteiger partial charge < -0.3 is 19.5 Å². The van der Waals surface area contributed by atoms with Crippen LogP contribution in [0.3, 0.4) is 0 Å². The van der Waals surface area contributed by atoms with Crippen molar-refractivity contribution in [1.29, 1.82) is 0 Å². The predicted octanol–water partition coefficient (Wildman–Crippen LogP) is 4.78. The smallest absolute Gasteiger partial charge is 0.407 e. The third-order valence-electron chi connectivity index (χ3n) is 6.57. The topological polar surface area (TPSA) is 76.5 Å². The Balaban J connectivity index is 1.24. The molecule has 34 heavy (non-hydrogen) atoms. The van der Waals surface area contributed by atoms with Crippen LogP contribution in [0.5, 0.6) is 0 Å². The lowest BCUT2D eigenvalue weighted by molar-refractivity contribution is 0.0473. The number of piperidine rings is 1. The monoisotopic (exact) mass is 460 g/mol. The second-order valence-electron chi connectivity index (χ2n) is 10.3. The molecule has 2 aliphatic rings. The van der Waals surface area contributed by atoms with Gasteiger partial charge in [-0.15, -0.1) is 0 Å². The summed E-state index contributed by atoms with van der Waals surface area (Å²) in [5.41, 5.74) is 4.83. The van der Waals surface area contributed by atoms with Gasteiger partial charge in [-0.1, -0.05) is 24.3 Å². The molecule has 0 aliphatic carbocycles. The van der Waals surface area contributed by atoms with Crippen LogP contribution < -0.4 is 5.32 Å². The first kappa shape index (κ1) is 22.4. The summed E-state index contributed by atoms with van der Waals surface area (Å²) >= 11 is 0. The molecule has 2 amide bonds. The maximum Gasteiger partial charge on any atom is 0.407 e. The summed E-state index contributed by atoms with van der Waals surface area (Å²) in [5, 5.41) is 2.92. The highest BCUT2D eigenvalue weighted by molar-refractivity contribution is 5.95. The van der Waals surface area contributed by atoms with E-state index in [0.717, 1.165) is 49.1 Å². The quantitative estimate of drug-likeness (QED) is 0.610. The zero-order valence-electron chi connectivity index (χ0n) is 20.1. The summed E-state index contributed by atoms with van der Waals surface area (Å²) in [5.74, 6) is 0.995. The Bertz CT molecular complexity index is 1220. The van der Waals surface area contributed by atoms with E-state index in [1.165, 1.54) is 11.1 Å². The molecular weight excluding hydrogens is 428 g/mol. The number of ether oxygens (including phenoxy) is 1. The molecule has 0 spiro atoms. The van der Waals surface area contributed by atoms with Gasteiger partial charge in [0.15, 0.2) is 0 Å². The van der Waals surface area contributed by atoms with Gasteiger partial charge in [-0.25, -0.2) is 9.78 Å². The van der Waals surface area contributed by atoms with Crippen molar-refractivity contribution in [3.63, 3.8) is 0 Å². The molecule has 7 heteroatoms. The number of aryl methyl sites for hydroxylation is 2. The zero-order valence-corrected chi connectivity index (χ0v) is 20.1. The molecule has 5 rings (SSSR count). The molecule has 0 atom stereocenters. The van der Waals surface area contributed by atoms with Crippen molar-refractivity contribution in [2.24, 2.45) is 0 Å². The molecule has 7 nitrogen and oxygen atoms in total. The molecule has 0 bridgehead atoms. The number of para-hydroxylation sites is 1. The lowest BCUT2D eigenvalue weighted by Crippen LogP contribution is -2.47. The molecule has 1 fully saturated rings. The van der Waals surface area contributed by atoms with Crippen LogP contribution in [0.1, 0.15) is 56.0 Å². The fourth-order valence-electron chi connectivity index (χ4n) is 4.97. The normalized spacial score (nSPS) is 16.5. The molecular formula is C27H32N4O3. The fraction of sp³-hybridized carbons (Fsp3) is 0.444. The van der Waals surface area contributed by atoms with Crippen molar-refractivity contribution in [3.8, 4) is 11.4 Å². The fourth-order valence-corrected chi connectivity index (χ4v) is 4.97. The standard InChI is InChI=1S/C27H32N4O3/c1-27(2,3)34-26(33)28-21-13-16-30(17-14-21)25(32)20-11-9-19(10-12-20)24-29-22-8-4-6-18-7-5-15-31(24)23(18)22/h4,6,8-12,21H,5,7,13-17H2,1-3H3,(H,28,33). The van der Waals surface area contributed by atoms with Crippen molar-refractivity contribution in [3.05, 3.63) is 53.6 Å². The van der Waals surface area contributed by atoms with Crippen molar-refractivity contribution in [2.45, 2.75) is 64.6 Å². The van der Waals surface area contributed by atoms with Crippen LogP contribution in [0.2, 0.25) is 0 Å². The summed E-state index contributed by atoms with van der Waals surface area (Å²) in [6.45, 7) is 7.73. The first-order valence-corrected chi connectivity index (χ1v) is 12.2. The molecule has 0 saturated carbocycles. The van der Waals surface area contributed by atoms with Gasteiger partial charge in [-0.05, 0) is 70.2 Å². The Labute approximate surface area is 200 Å². The van der Waals surface area contributed by atoms with Crippen molar-refractivity contribution < 1.29 is 14.3 Å². The summed E-state index contributed by atoms with van der Waals surface area (Å²) in [6, 6.07) is 14.2. The van der Waals surface area contributed by atoms with Crippen LogP contribution in [0, 0.1) is 0 Å². The number of likely N-dealkylation sites (tertiary alicyclic amines) is 1. The van der Waals surface area contributed by atoms with E-state index >= 15 is 0 Å². The number of alkyl carbamates (subject to hydrolysis) is 1. The first-order valence-electron chi connectivity index (χ1n) is 12.2. The van der Waals surface area contributed by atoms with Crippen molar-refractivity contribution >= 4 is 23.0 Å². The van der Waals surface area contributed by atoms with Crippen LogP contribution in [-0.4, -0.2) is 51.2 Å². The zero-order chi connectivity index (χ0) is 23.9. The van der Waals surface area contributed by atoms with Gasteiger partial charge in [-0.2, -0.15) is 0 Å². The largest absolute Gasteiger partial charge is 0.444 e. The molecule has 1 saturated heterocycles. The average molecular weight is 461 g/mol. The van der Waals surface area contributed by atoms with Crippen LogP contribution in [-0.2, 0) is 17.7 Å². The second kappa shape index (κ2) is 8.78. The minimum absolute atomic E-state index is 0.0257. The van der Waals surface area contributed by atoms with Gasteiger partial charge in [0, 0.05) is 36.8 Å². The highest BCUT2D eigenvalue weighted by Gasteiger charge is 2.26. The molecule has 1 N–H and O–H groups in total. The number of rotatable bonds is 3. The number of aromatic nitrogens is 2. The molecule has 1 aromatic heterocycles. The number of amides is 2. The third kappa shape index (κ3) is 4.52. The maximum atomic E-state index is 13.1. The summed E-state index contributed by atoms with van der Waals surface area (Å²) in [6.07, 6.45) is 3.25. The van der Waals surface area contributed by atoms with Gasteiger partial charge in [0.05, 0.1) is 11.0 Å². The predicted molar refractivity (Wildman–Crippen MR) is 132 cm³/mol. The van der Waals surface area contributed by atoms with Gasteiger partial charge in [-0.3, -0.25) is 4.79 Å². The van der Waals surface area contributed by atoms with E-state index in [2.05, 4.69) is 28.1 Å². The Morgan fingerprint density at radius 3 is 2.47 bits per heavy atom. The highest BCUT2D eigenvalue weighted by atomic mass is 16.6. The molecule has 0 unspecified atom stereocenters. The minimum atomic E-state index is -0.518. The number of carbonyl (C=O) groups is 2. The van der Waals surface area contributed by atoms with Crippen molar-refractivity contribution in [2.75, 3.05) is 13.1 Å². The summed E-state index contributed by atoms with van der Waals surface area (Å²) in [7, 11) is 0. The van der Waals surface area contributed by atoms with Gasteiger partial charge in [0.2, 0.25) is 0 Å². The van der Waals surface area contributed by atoms with E-state index in [1.54, 1.807) is 0 Å². The molecule has 3 aromatic rings. The summed E-state index contributed by atoms with van der Waals surface area (Å²) < 4.78 is 7.65. The number of hydrogen-bond acceptors (Lipinski definition) is 4. The van der Waals surface area contributed by atoms with Crippen LogP contribution >= 0.6 is 0 Å². The third-order valence-corrected chi connectivity index (χ3v) is 6.57. The summed E-state index contributed by atoms with van der Waals surface area (Å²) in [4.78, 5) is 31.9. The number of hydrogen-bond donors (Lipinski definition) is 1. The highest BCUT2D eigenvalue weighted by Crippen LogP contribution is 2.31. The van der Waals surface area contributed by atoms with Gasteiger partial charge >= 0.3 is 6.09 Å². The SMILES string of the molecule is CC(C)(C)OC(=O)NC1CCN(C(=O)c2ccc(-c3nc4cccc5c4n3CCC5)cc2)CC1. The lowest BCUT2D eigenvalue weighted by atomic mass is 10.0. The lowest BCUT2D eigenvalue weighted by Gasteiger charge is -2.33. The van der Waals surface area contributed by atoms with Gasteiger partial charge in [0.25, 0.3) is 5.91 Å². The Hall–Kier alpha value is -3.35. The first-order chi connectivity index (χ1) is 16.3. The average Bonchev–Trinajstić information content (AvgIpc) is 3.19. The Kier molecular flexibility index (Phi) is 5.80. The molecule has 178 valence electrons. The van der Waals surface area contributed by atoms with E-state index in [-0.39, 0.29) is 11.9 Å². The van der Waals surface area contributed by atoms with E-state index < -0.39 is 11.7 Å². The maximum absolute atomic E-state index is 13.1. The van der Waals surface area contributed by atoms with Gasteiger partial charge in [0.1, 0.15) is 11.4 Å². The number of nitrogens with zero attached hydrogens (tertiary/aromatic N) is 3. The molecule has 0 radical (unpaired) electrons. The number of benzene rings is 2. The number of imidazole rings is 1. The molecule has 2 aromatic carbocycles. The van der Waals surface area contributed by atoms with Crippen LogP contribution in [0.4, 0.5) is 4.79 Å². The van der Waals surface area contributed by atoms with E-state index in [4.69, 9.17) is 9.72 Å². The van der Waals surface area contributed by atoms with E-state index in [9.17, 15) is 9.59 Å².